The fourth-order valence-corrected chi connectivity index (χ4v) is 3.33. The van der Waals surface area contributed by atoms with E-state index >= 15 is 0 Å². The summed E-state index contributed by atoms with van der Waals surface area (Å²) in [5.74, 6) is 0.579. The van der Waals surface area contributed by atoms with Crippen molar-refractivity contribution in [1.29, 1.82) is 0 Å². The average molecular weight is 239 g/mol. The molecule has 96 valence electrons. The second kappa shape index (κ2) is 5.07. The highest BCUT2D eigenvalue weighted by molar-refractivity contribution is 5.65. The maximum Gasteiger partial charge on any atom is 0.407 e. The zero-order valence-corrected chi connectivity index (χ0v) is 10.2. The van der Waals surface area contributed by atoms with E-state index in [0.717, 1.165) is 32.0 Å². The first-order valence-corrected chi connectivity index (χ1v) is 6.57. The summed E-state index contributed by atoms with van der Waals surface area (Å²) in [5.41, 5.74) is 0.380. The summed E-state index contributed by atoms with van der Waals surface area (Å²) >= 11 is 0. The van der Waals surface area contributed by atoms with Crippen LogP contribution in [0.15, 0.2) is 0 Å². The Morgan fingerprint density at radius 2 is 1.82 bits per heavy atom. The van der Waals surface area contributed by atoms with Crippen LogP contribution in [-0.2, 0) is 4.79 Å². The first kappa shape index (κ1) is 12.4. The molecule has 2 aliphatic rings. The zero-order valence-electron chi connectivity index (χ0n) is 10.2. The van der Waals surface area contributed by atoms with E-state index in [9.17, 15) is 9.59 Å². The summed E-state index contributed by atoms with van der Waals surface area (Å²) in [5, 5.41) is 8.92. The van der Waals surface area contributed by atoms with Crippen molar-refractivity contribution in [3.63, 3.8) is 0 Å². The molecule has 0 bridgehead atoms. The van der Waals surface area contributed by atoms with Crippen LogP contribution >= 0.6 is 0 Å². The lowest BCUT2D eigenvalue weighted by atomic mass is 9.65. The number of nitrogens with zero attached hydrogens (tertiary/aromatic N) is 1. The van der Waals surface area contributed by atoms with E-state index in [-0.39, 0.29) is 0 Å². The number of carboxylic acid groups (broad SMARTS) is 1. The van der Waals surface area contributed by atoms with Gasteiger partial charge in [-0.25, -0.2) is 4.79 Å². The van der Waals surface area contributed by atoms with Gasteiger partial charge in [0.15, 0.2) is 0 Å². The minimum absolute atomic E-state index is 0.380. The van der Waals surface area contributed by atoms with Gasteiger partial charge in [0.2, 0.25) is 0 Å². The molecule has 4 nitrogen and oxygen atoms in total. The molecule has 1 amide bonds. The topological polar surface area (TPSA) is 57.6 Å². The summed E-state index contributed by atoms with van der Waals surface area (Å²) in [7, 11) is 0. The molecule has 17 heavy (non-hydrogen) atoms. The maximum absolute atomic E-state index is 10.8. The van der Waals surface area contributed by atoms with E-state index < -0.39 is 6.09 Å². The largest absolute Gasteiger partial charge is 0.465 e. The van der Waals surface area contributed by atoms with E-state index in [1.54, 1.807) is 0 Å². The molecule has 1 N–H and O–H groups in total. The number of amides is 1. The van der Waals surface area contributed by atoms with Crippen molar-refractivity contribution in [2.75, 3.05) is 13.1 Å². The molecular weight excluding hydrogens is 218 g/mol. The highest BCUT2D eigenvalue weighted by Gasteiger charge is 2.38. The minimum Gasteiger partial charge on any atom is -0.465 e. The third kappa shape index (κ3) is 2.79. The molecule has 1 heterocycles. The molecule has 0 radical (unpaired) electrons. The van der Waals surface area contributed by atoms with Crippen LogP contribution in [0.3, 0.4) is 0 Å². The Bertz CT molecular complexity index is 285. The molecule has 2 rings (SSSR count). The molecule has 0 aromatic heterocycles. The van der Waals surface area contributed by atoms with E-state index in [4.69, 9.17) is 5.11 Å². The van der Waals surface area contributed by atoms with Gasteiger partial charge in [0.1, 0.15) is 6.29 Å². The molecular formula is C13H21NO3. The first-order valence-electron chi connectivity index (χ1n) is 6.57. The fourth-order valence-electron chi connectivity index (χ4n) is 3.33. The molecule has 1 saturated heterocycles. The minimum atomic E-state index is -0.783. The highest BCUT2D eigenvalue weighted by Crippen LogP contribution is 2.46. The van der Waals surface area contributed by atoms with Crippen LogP contribution in [0.2, 0.25) is 0 Å². The Kier molecular flexibility index (Phi) is 3.69. The van der Waals surface area contributed by atoms with Gasteiger partial charge in [-0.1, -0.05) is 0 Å². The Morgan fingerprint density at radius 1 is 1.24 bits per heavy atom. The van der Waals surface area contributed by atoms with Gasteiger partial charge in [-0.3, -0.25) is 0 Å². The van der Waals surface area contributed by atoms with Crippen LogP contribution in [-0.4, -0.2) is 35.5 Å². The van der Waals surface area contributed by atoms with Crippen LogP contribution < -0.4 is 0 Å². The van der Waals surface area contributed by atoms with Crippen molar-refractivity contribution in [1.82, 2.24) is 4.90 Å². The smallest absolute Gasteiger partial charge is 0.407 e. The second-order valence-electron chi connectivity index (χ2n) is 5.62. The number of hydrogen-bond donors (Lipinski definition) is 1. The summed E-state index contributed by atoms with van der Waals surface area (Å²) in [6, 6.07) is 0. The fraction of sp³-hybridized carbons (Fsp3) is 0.846. The van der Waals surface area contributed by atoms with Crippen molar-refractivity contribution < 1.29 is 14.7 Å². The highest BCUT2D eigenvalue weighted by atomic mass is 16.4. The molecule has 1 spiro atoms. The standard InChI is InChI=1S/C13H21NO3/c15-10-3-11-1-4-13(5-2-11)6-8-14(9-7-13)12(16)17/h10-11H,1-9H2,(H,16,17). The average Bonchev–Trinajstić information content (AvgIpc) is 2.33. The lowest BCUT2D eigenvalue weighted by Gasteiger charge is -2.45. The predicted octanol–water partition coefficient (Wildman–Crippen LogP) is 2.53. The third-order valence-electron chi connectivity index (χ3n) is 4.69. The lowest BCUT2D eigenvalue weighted by molar-refractivity contribution is -0.109. The normalized spacial score (nSPS) is 24.8. The molecule has 0 aromatic rings. The number of carbonyl (C=O) groups excluding carboxylic acids is 1. The lowest BCUT2D eigenvalue weighted by Crippen LogP contribution is -2.44. The van der Waals surface area contributed by atoms with Crippen LogP contribution in [0.1, 0.15) is 44.9 Å². The van der Waals surface area contributed by atoms with Gasteiger partial charge in [-0.05, 0) is 49.9 Å². The van der Waals surface area contributed by atoms with Crippen molar-refractivity contribution in [2.45, 2.75) is 44.9 Å². The van der Waals surface area contributed by atoms with Gasteiger partial charge in [0, 0.05) is 19.5 Å². The van der Waals surface area contributed by atoms with Gasteiger partial charge >= 0.3 is 6.09 Å². The Balaban J connectivity index is 1.84. The Labute approximate surface area is 102 Å². The maximum atomic E-state index is 10.8. The van der Waals surface area contributed by atoms with Gasteiger partial charge in [-0.15, -0.1) is 0 Å². The SMILES string of the molecule is O=CCC1CCC2(CC1)CCN(C(=O)O)CC2. The number of hydrogen-bond acceptors (Lipinski definition) is 2. The monoisotopic (exact) mass is 239 g/mol. The summed E-state index contributed by atoms with van der Waals surface area (Å²) in [6.45, 7) is 1.38. The van der Waals surface area contributed by atoms with Crippen LogP contribution in [0.5, 0.6) is 0 Å². The molecule has 0 atom stereocenters. The summed E-state index contributed by atoms with van der Waals surface area (Å²) in [4.78, 5) is 22.9. The Morgan fingerprint density at radius 3 is 2.29 bits per heavy atom. The summed E-state index contributed by atoms with van der Waals surface area (Å²) < 4.78 is 0. The number of aldehydes is 1. The van der Waals surface area contributed by atoms with Crippen LogP contribution in [0.4, 0.5) is 4.79 Å². The van der Waals surface area contributed by atoms with Crippen molar-refractivity contribution in [3.05, 3.63) is 0 Å². The number of carbonyl (C=O) groups is 2. The number of likely N-dealkylation sites (tertiary alicyclic amines) is 1. The number of rotatable bonds is 2. The second-order valence-corrected chi connectivity index (χ2v) is 5.62. The molecule has 4 heteroatoms. The van der Waals surface area contributed by atoms with Crippen LogP contribution in [0.25, 0.3) is 0 Å². The quantitative estimate of drug-likeness (QED) is 0.753. The third-order valence-corrected chi connectivity index (χ3v) is 4.69. The molecule has 1 aliphatic heterocycles. The van der Waals surface area contributed by atoms with Crippen LogP contribution in [0, 0.1) is 11.3 Å². The van der Waals surface area contributed by atoms with E-state index in [2.05, 4.69) is 0 Å². The molecule has 2 fully saturated rings. The molecule has 0 aromatic carbocycles. The number of piperidine rings is 1. The zero-order chi connectivity index (χ0) is 12.3. The van der Waals surface area contributed by atoms with E-state index in [0.29, 0.717) is 30.8 Å². The van der Waals surface area contributed by atoms with Crippen molar-refractivity contribution >= 4 is 12.4 Å². The van der Waals surface area contributed by atoms with Gasteiger partial charge in [-0.2, -0.15) is 0 Å². The predicted molar refractivity (Wildman–Crippen MR) is 63.9 cm³/mol. The van der Waals surface area contributed by atoms with Gasteiger partial charge < -0.3 is 14.8 Å². The Hall–Kier alpha value is -1.06. The molecule has 1 saturated carbocycles. The van der Waals surface area contributed by atoms with Crippen molar-refractivity contribution in [3.8, 4) is 0 Å². The van der Waals surface area contributed by atoms with Crippen molar-refractivity contribution in [2.24, 2.45) is 11.3 Å². The van der Waals surface area contributed by atoms with Gasteiger partial charge in [0.25, 0.3) is 0 Å². The first-order chi connectivity index (χ1) is 8.15. The summed E-state index contributed by atoms with van der Waals surface area (Å²) in [6.07, 6.45) is 7.62. The van der Waals surface area contributed by atoms with E-state index in [1.807, 2.05) is 0 Å². The molecule has 1 aliphatic carbocycles. The van der Waals surface area contributed by atoms with E-state index in [1.165, 1.54) is 17.7 Å². The molecule has 0 unspecified atom stereocenters. The van der Waals surface area contributed by atoms with Gasteiger partial charge in [0.05, 0.1) is 0 Å².